The minimum atomic E-state index is -0.302. The molecular weight excluding hydrogens is 330 g/mol. The number of methoxy groups -OCH3 is 1. The average Bonchev–Trinajstić information content (AvgIpc) is 2.67. The van der Waals surface area contributed by atoms with Crippen molar-refractivity contribution in [1.82, 2.24) is 0 Å². The van der Waals surface area contributed by atoms with Crippen LogP contribution < -0.4 is 14.8 Å². The van der Waals surface area contributed by atoms with E-state index in [0.717, 1.165) is 5.56 Å². The number of rotatable bonds is 6. The molecule has 5 nitrogen and oxygen atoms in total. The molecule has 0 fully saturated rings. The molecule has 2 N–H and O–H groups in total. The fourth-order valence-electron chi connectivity index (χ4n) is 2.45. The number of hydrogen-bond donors (Lipinski definition) is 2. The van der Waals surface area contributed by atoms with E-state index in [1.54, 1.807) is 30.3 Å². The van der Waals surface area contributed by atoms with Gasteiger partial charge in [0.25, 0.3) is 5.91 Å². The van der Waals surface area contributed by atoms with Crippen molar-refractivity contribution in [2.24, 2.45) is 0 Å². The predicted molar refractivity (Wildman–Crippen MR) is 99.8 cm³/mol. The first kappa shape index (κ1) is 17.4. The lowest BCUT2D eigenvalue weighted by molar-refractivity contribution is 0.102. The van der Waals surface area contributed by atoms with Crippen molar-refractivity contribution in [3.05, 3.63) is 83.9 Å². The van der Waals surface area contributed by atoms with E-state index in [0.29, 0.717) is 29.4 Å². The normalized spacial score (nSPS) is 10.2. The molecule has 0 aliphatic rings. The lowest BCUT2D eigenvalue weighted by Crippen LogP contribution is -2.12. The van der Waals surface area contributed by atoms with Gasteiger partial charge in [-0.3, -0.25) is 4.79 Å². The largest absolute Gasteiger partial charge is 0.508 e. The Labute approximate surface area is 151 Å². The van der Waals surface area contributed by atoms with Crippen molar-refractivity contribution in [2.45, 2.75) is 6.61 Å². The van der Waals surface area contributed by atoms with E-state index in [4.69, 9.17) is 9.47 Å². The summed E-state index contributed by atoms with van der Waals surface area (Å²) in [4.78, 5) is 12.4. The average molecular weight is 349 g/mol. The van der Waals surface area contributed by atoms with Gasteiger partial charge in [0.15, 0.2) is 11.5 Å². The number of anilines is 1. The Morgan fingerprint density at radius 1 is 0.962 bits per heavy atom. The van der Waals surface area contributed by atoms with E-state index in [-0.39, 0.29) is 11.7 Å². The number of hydrogen-bond acceptors (Lipinski definition) is 4. The molecule has 132 valence electrons. The molecule has 26 heavy (non-hydrogen) atoms. The molecular formula is C21H19NO4. The van der Waals surface area contributed by atoms with Gasteiger partial charge in [-0.15, -0.1) is 0 Å². The monoisotopic (exact) mass is 349 g/mol. The first-order valence-electron chi connectivity index (χ1n) is 8.11. The van der Waals surface area contributed by atoms with Crippen LogP contribution in [0.3, 0.4) is 0 Å². The molecule has 0 unspecified atom stereocenters. The van der Waals surface area contributed by atoms with Crippen molar-refractivity contribution >= 4 is 11.6 Å². The summed E-state index contributed by atoms with van der Waals surface area (Å²) in [5.74, 6) is 0.822. The van der Waals surface area contributed by atoms with Crippen LogP contribution in [0.4, 0.5) is 5.69 Å². The number of phenolic OH excluding ortho intramolecular Hbond substituents is 1. The number of carbonyl (C=O) groups excluding carboxylic acids is 1. The molecule has 0 saturated heterocycles. The summed E-state index contributed by atoms with van der Waals surface area (Å²) in [5, 5.41) is 12.2. The number of aromatic hydroxyl groups is 1. The van der Waals surface area contributed by atoms with Gasteiger partial charge in [-0.25, -0.2) is 0 Å². The molecule has 3 aromatic rings. The van der Waals surface area contributed by atoms with Crippen LogP contribution in [0, 0.1) is 0 Å². The van der Waals surface area contributed by atoms with Gasteiger partial charge in [0.2, 0.25) is 0 Å². The van der Waals surface area contributed by atoms with Crippen LogP contribution in [0.1, 0.15) is 15.9 Å². The van der Waals surface area contributed by atoms with Crippen LogP contribution in [0.25, 0.3) is 0 Å². The van der Waals surface area contributed by atoms with Gasteiger partial charge in [-0.2, -0.15) is 0 Å². The van der Waals surface area contributed by atoms with Gasteiger partial charge in [-0.1, -0.05) is 36.4 Å². The third-order valence-corrected chi connectivity index (χ3v) is 3.77. The molecule has 0 aliphatic carbocycles. The van der Waals surface area contributed by atoms with Gasteiger partial charge in [0.05, 0.1) is 7.11 Å². The fourth-order valence-corrected chi connectivity index (χ4v) is 2.45. The zero-order valence-corrected chi connectivity index (χ0v) is 14.3. The van der Waals surface area contributed by atoms with E-state index in [1.165, 1.54) is 19.2 Å². The number of benzene rings is 3. The zero-order valence-electron chi connectivity index (χ0n) is 14.3. The summed E-state index contributed by atoms with van der Waals surface area (Å²) < 4.78 is 11.1. The van der Waals surface area contributed by atoms with Crippen LogP contribution in [-0.4, -0.2) is 18.1 Å². The summed E-state index contributed by atoms with van der Waals surface area (Å²) in [6.45, 7) is 0.409. The summed E-state index contributed by atoms with van der Waals surface area (Å²) in [7, 11) is 1.53. The van der Waals surface area contributed by atoms with Crippen molar-refractivity contribution in [3.63, 3.8) is 0 Å². The first-order valence-corrected chi connectivity index (χ1v) is 8.11. The molecule has 0 radical (unpaired) electrons. The van der Waals surface area contributed by atoms with E-state index >= 15 is 0 Å². The second kappa shape index (κ2) is 8.07. The molecule has 3 rings (SSSR count). The molecule has 0 bridgehead atoms. The zero-order chi connectivity index (χ0) is 18.4. The van der Waals surface area contributed by atoms with E-state index in [9.17, 15) is 9.90 Å². The molecule has 0 aliphatic heterocycles. The summed E-state index contributed by atoms with van der Waals surface area (Å²) in [5.41, 5.74) is 1.98. The van der Waals surface area contributed by atoms with Crippen molar-refractivity contribution < 1.29 is 19.4 Å². The molecule has 3 aromatic carbocycles. The molecule has 0 spiro atoms. The number of ether oxygens (including phenoxy) is 2. The van der Waals surface area contributed by atoms with Crippen LogP contribution >= 0.6 is 0 Å². The predicted octanol–water partition coefficient (Wildman–Crippen LogP) is 4.23. The van der Waals surface area contributed by atoms with Crippen LogP contribution in [0.2, 0.25) is 0 Å². The summed E-state index contributed by atoms with van der Waals surface area (Å²) in [6.07, 6.45) is 0. The highest BCUT2D eigenvalue weighted by Crippen LogP contribution is 2.29. The van der Waals surface area contributed by atoms with Crippen molar-refractivity contribution in [1.29, 1.82) is 0 Å². The smallest absolute Gasteiger partial charge is 0.255 e. The topological polar surface area (TPSA) is 67.8 Å². The quantitative estimate of drug-likeness (QED) is 0.699. The Bertz CT molecular complexity index is 894. The van der Waals surface area contributed by atoms with E-state index in [2.05, 4.69) is 5.32 Å². The standard InChI is InChI=1S/C21H19NO4/c1-25-20-12-16(21(24)22-17-8-5-9-18(23)13-17)10-11-19(20)26-14-15-6-3-2-4-7-15/h2-13,23H,14H2,1H3,(H,22,24). The SMILES string of the molecule is COc1cc(C(=O)Nc2cccc(O)c2)ccc1OCc1ccccc1. The van der Waals surface area contributed by atoms with E-state index in [1.807, 2.05) is 30.3 Å². The third-order valence-electron chi connectivity index (χ3n) is 3.77. The first-order chi connectivity index (χ1) is 12.7. The molecule has 0 heterocycles. The number of nitrogens with one attached hydrogen (secondary N) is 1. The third kappa shape index (κ3) is 4.33. The van der Waals surface area contributed by atoms with Gasteiger partial charge in [0.1, 0.15) is 12.4 Å². The van der Waals surface area contributed by atoms with Gasteiger partial charge >= 0.3 is 0 Å². The Hall–Kier alpha value is -3.47. The van der Waals surface area contributed by atoms with Crippen molar-refractivity contribution in [2.75, 3.05) is 12.4 Å². The van der Waals surface area contributed by atoms with Crippen LogP contribution in [0.15, 0.2) is 72.8 Å². The van der Waals surface area contributed by atoms with Gasteiger partial charge in [0, 0.05) is 17.3 Å². The second-order valence-corrected chi connectivity index (χ2v) is 5.64. The minimum absolute atomic E-state index is 0.0880. The number of amides is 1. The second-order valence-electron chi connectivity index (χ2n) is 5.64. The Balaban J connectivity index is 1.72. The molecule has 0 aromatic heterocycles. The number of carbonyl (C=O) groups is 1. The van der Waals surface area contributed by atoms with Gasteiger partial charge < -0.3 is 19.9 Å². The summed E-state index contributed by atoms with van der Waals surface area (Å²) >= 11 is 0. The molecule has 0 atom stereocenters. The highest BCUT2D eigenvalue weighted by atomic mass is 16.5. The van der Waals surface area contributed by atoms with Crippen LogP contribution in [0.5, 0.6) is 17.2 Å². The minimum Gasteiger partial charge on any atom is -0.508 e. The molecule has 1 amide bonds. The summed E-state index contributed by atoms with van der Waals surface area (Å²) in [6, 6.07) is 21.2. The Morgan fingerprint density at radius 3 is 2.50 bits per heavy atom. The maximum atomic E-state index is 12.4. The van der Waals surface area contributed by atoms with Gasteiger partial charge in [-0.05, 0) is 35.9 Å². The lowest BCUT2D eigenvalue weighted by Gasteiger charge is -2.12. The highest BCUT2D eigenvalue weighted by molar-refractivity contribution is 6.04. The maximum Gasteiger partial charge on any atom is 0.255 e. The number of phenols is 1. The van der Waals surface area contributed by atoms with E-state index < -0.39 is 0 Å². The Morgan fingerprint density at radius 2 is 1.77 bits per heavy atom. The highest BCUT2D eigenvalue weighted by Gasteiger charge is 2.12. The fraction of sp³-hybridized carbons (Fsp3) is 0.0952. The molecule has 0 saturated carbocycles. The molecule has 5 heteroatoms. The van der Waals surface area contributed by atoms with Crippen LogP contribution in [-0.2, 0) is 6.61 Å². The lowest BCUT2D eigenvalue weighted by atomic mass is 10.1. The Kier molecular flexibility index (Phi) is 5.39. The maximum absolute atomic E-state index is 12.4. The van der Waals surface area contributed by atoms with Crippen molar-refractivity contribution in [3.8, 4) is 17.2 Å².